The van der Waals surface area contributed by atoms with Crippen LogP contribution in [0.2, 0.25) is 0 Å². The van der Waals surface area contributed by atoms with Crippen LogP contribution in [-0.2, 0) is 60.2 Å². The Hall–Kier alpha value is -3.46. The standard InChI is InChI=1S/C24H42N4O9P2.C15H32N3OP.C15H25N2O8P/c1-19(2)28(20(3)4)38(35-13-11-25-5)36-17-21(10-16-39(8,31)33-7)37-23(18-34-15-14-32-6)27-12-9-22(29)26-24(27)30;1-12(2)17(13(3)4)20(19-11-9-10-16)18(14(5)6)15(7)8;1-22-7-8-24-11-14(17-6-4-13(19)16-15(17)20)25-12(10-18)5-9-26(3,21)23-2/h9-10,12,16,19-21,23H,11,13-15,17-18H2,1-4,6-8H3,(H,26,29,30);12-15H,9,11H2,1-8H3;4-6,9,12,14,18H,7-8,10-11H2,1-3H3,(H,16,19,20)/b16-10+;;9-5+/t21-,23-,38?,39?;;12-,14-,26?/m1.1/s1. The van der Waals surface area contributed by atoms with E-state index in [1.54, 1.807) is 6.08 Å². The molecule has 85 heavy (non-hydrogen) atoms. The summed E-state index contributed by atoms with van der Waals surface area (Å²) < 4.78 is 94.9. The number of nitrogens with one attached hydrogen (secondary N) is 2. The fraction of sp³-hybridized carbons (Fsp3) is 0.741. The molecule has 2 heterocycles. The van der Waals surface area contributed by atoms with Crippen molar-refractivity contribution in [1.29, 1.82) is 5.26 Å². The van der Waals surface area contributed by atoms with Gasteiger partial charge in [0.15, 0.2) is 20.9 Å². The molecular formula is C54H99N9O18P4. The van der Waals surface area contributed by atoms with Crippen molar-refractivity contribution in [3.05, 3.63) is 101 Å². The van der Waals surface area contributed by atoms with Gasteiger partial charge < -0.3 is 61.0 Å². The quantitative estimate of drug-likeness (QED) is 0.0323. The summed E-state index contributed by atoms with van der Waals surface area (Å²) in [5.74, 6) is 2.72. The largest absolute Gasteiger partial charge is 0.393 e. The highest BCUT2D eigenvalue weighted by atomic mass is 31.2. The van der Waals surface area contributed by atoms with Gasteiger partial charge in [-0.15, -0.1) is 0 Å². The molecule has 0 aliphatic heterocycles. The molecule has 7 atom stereocenters. The molecule has 0 radical (unpaired) electrons. The van der Waals surface area contributed by atoms with E-state index in [9.17, 15) is 33.4 Å². The van der Waals surface area contributed by atoms with Crippen LogP contribution in [0.25, 0.3) is 4.85 Å². The van der Waals surface area contributed by atoms with Crippen molar-refractivity contribution in [2.45, 2.75) is 150 Å². The Morgan fingerprint density at radius 1 is 0.624 bits per heavy atom. The van der Waals surface area contributed by atoms with Crippen molar-refractivity contribution in [2.75, 3.05) is 114 Å². The molecule has 2 aromatic rings. The summed E-state index contributed by atoms with van der Waals surface area (Å²) in [7, 11) is -2.70. The number of H-pyrrole nitrogens is 2. The summed E-state index contributed by atoms with van der Waals surface area (Å²) in [6.45, 7) is 37.2. The zero-order valence-electron chi connectivity index (χ0n) is 53.2. The van der Waals surface area contributed by atoms with E-state index in [4.69, 9.17) is 62.9 Å². The fourth-order valence-electron chi connectivity index (χ4n) is 7.50. The highest BCUT2D eigenvalue weighted by Gasteiger charge is 2.35. The third-order valence-corrected chi connectivity index (χ3v) is 19.4. The lowest BCUT2D eigenvalue weighted by atomic mass is 10.3. The third kappa shape index (κ3) is 33.6. The molecule has 0 aliphatic rings. The van der Waals surface area contributed by atoms with Crippen LogP contribution in [0.4, 0.5) is 0 Å². The van der Waals surface area contributed by atoms with Crippen molar-refractivity contribution in [3.8, 4) is 6.07 Å². The predicted octanol–water partition coefficient (Wildman–Crippen LogP) is 7.97. The zero-order chi connectivity index (χ0) is 64.9. The van der Waals surface area contributed by atoms with Crippen LogP contribution in [0.1, 0.15) is 102 Å². The Balaban J connectivity index is 0.00000133. The molecule has 3 unspecified atom stereocenters. The molecule has 27 nitrogen and oxygen atoms in total. The van der Waals surface area contributed by atoms with Crippen LogP contribution >= 0.6 is 31.7 Å². The summed E-state index contributed by atoms with van der Waals surface area (Å²) in [6.07, 6.45) is 2.38. The van der Waals surface area contributed by atoms with Crippen LogP contribution in [0, 0.1) is 17.9 Å². The lowest BCUT2D eigenvalue weighted by Gasteiger charge is -2.45. The van der Waals surface area contributed by atoms with Crippen LogP contribution in [-0.4, -0.2) is 201 Å². The van der Waals surface area contributed by atoms with E-state index >= 15 is 0 Å². The maximum atomic E-state index is 12.6. The smallest absolute Gasteiger partial charge is 0.330 e. The second kappa shape index (κ2) is 44.9. The average molecular weight is 1290 g/mol. The van der Waals surface area contributed by atoms with E-state index in [1.165, 1.54) is 88.6 Å². The van der Waals surface area contributed by atoms with E-state index in [1.807, 2.05) is 27.7 Å². The van der Waals surface area contributed by atoms with Crippen molar-refractivity contribution in [2.24, 2.45) is 0 Å². The van der Waals surface area contributed by atoms with E-state index in [2.05, 4.69) is 90.3 Å². The number of aromatic amines is 2. The maximum Gasteiger partial charge on any atom is 0.330 e. The molecule has 0 saturated heterocycles. The average Bonchev–Trinajstić information content (AvgIpc) is 3.11. The van der Waals surface area contributed by atoms with Crippen molar-refractivity contribution >= 4 is 31.7 Å². The summed E-state index contributed by atoms with van der Waals surface area (Å²) in [4.78, 5) is 55.1. The molecular weight excluding hydrogens is 1190 g/mol. The predicted molar refractivity (Wildman–Crippen MR) is 332 cm³/mol. The third-order valence-electron chi connectivity index (χ3n) is 11.4. The van der Waals surface area contributed by atoms with Crippen LogP contribution < -0.4 is 22.5 Å². The topological polar surface area (TPSA) is 303 Å². The SMILES string of the molecule is CC(C)N(C(C)C)P(OCCC#N)N(C(C)C)C(C)C.COCCOC[C@@H](O[C@H](/C=C/P(C)(=O)OC)CO)n1ccc(=O)[nH]c1=O.[C-]#[N+]CCOP(OC[C@@H](/C=C/P(C)(=O)OC)O[C@H](COCCOC)n1ccc(=O)[nH]c1=O)N(C(C)C)C(C)C. The number of hydrogen-bond acceptors (Lipinski definition) is 22. The lowest BCUT2D eigenvalue weighted by molar-refractivity contribution is -0.0984. The molecule has 0 bridgehead atoms. The normalized spacial score (nSPS) is 15.4. The number of methoxy groups -OCH3 is 2. The first kappa shape index (κ1) is 81.5. The molecule has 0 spiro atoms. The molecule has 31 heteroatoms. The lowest BCUT2D eigenvalue weighted by Crippen LogP contribution is -2.43. The zero-order valence-corrected chi connectivity index (χ0v) is 56.8. The van der Waals surface area contributed by atoms with Gasteiger partial charge in [0.05, 0.1) is 72.0 Å². The molecule has 0 aliphatic carbocycles. The minimum atomic E-state index is -3.06. The van der Waals surface area contributed by atoms with Gasteiger partial charge >= 0.3 is 11.4 Å². The van der Waals surface area contributed by atoms with Crippen molar-refractivity contribution < 1.29 is 65.3 Å². The number of ether oxygens (including phenoxy) is 6. The summed E-state index contributed by atoms with van der Waals surface area (Å²) in [6, 6.07) is 6.39. The van der Waals surface area contributed by atoms with Crippen molar-refractivity contribution in [1.82, 2.24) is 33.1 Å². The molecule has 0 fully saturated rings. The highest BCUT2D eigenvalue weighted by molar-refractivity contribution is 7.61. The first-order valence-corrected chi connectivity index (χ1v) is 34.5. The summed E-state index contributed by atoms with van der Waals surface area (Å²) in [5, 5.41) is 18.2. The van der Waals surface area contributed by atoms with Gasteiger partial charge in [-0.25, -0.2) is 30.2 Å². The van der Waals surface area contributed by atoms with Gasteiger partial charge in [0, 0.05) is 103 Å². The number of hydrogen-bond donors (Lipinski definition) is 3. The monoisotopic (exact) mass is 1290 g/mol. The van der Waals surface area contributed by atoms with E-state index < -0.39 is 85.5 Å². The van der Waals surface area contributed by atoms with Gasteiger partial charge in [-0.3, -0.25) is 37.8 Å². The minimum Gasteiger partial charge on any atom is -0.393 e. The van der Waals surface area contributed by atoms with E-state index in [-0.39, 0.29) is 58.3 Å². The highest BCUT2D eigenvalue weighted by Crippen LogP contribution is 2.51. The first-order valence-electron chi connectivity index (χ1n) is 27.9. The van der Waals surface area contributed by atoms with Crippen LogP contribution in [0.5, 0.6) is 0 Å². The molecule has 488 valence electrons. The van der Waals surface area contributed by atoms with Crippen LogP contribution in [0.15, 0.2) is 67.5 Å². The minimum absolute atomic E-state index is 0.0340. The summed E-state index contributed by atoms with van der Waals surface area (Å²) in [5.41, 5.74) is -2.46. The fourth-order valence-corrected chi connectivity index (χ4v) is 12.7. The Morgan fingerprint density at radius 3 is 1.39 bits per heavy atom. The Kier molecular flexibility index (Phi) is 43.1. The van der Waals surface area contributed by atoms with Gasteiger partial charge in [0.2, 0.25) is 21.3 Å². The number of nitriles is 1. The first-order chi connectivity index (χ1) is 40.0. The van der Waals surface area contributed by atoms with Crippen LogP contribution in [0.3, 0.4) is 0 Å². The van der Waals surface area contributed by atoms with Gasteiger partial charge in [0.1, 0.15) is 18.8 Å². The van der Waals surface area contributed by atoms with Gasteiger partial charge in [-0.2, -0.15) is 5.26 Å². The van der Waals surface area contributed by atoms with Crippen molar-refractivity contribution in [3.63, 3.8) is 0 Å². The van der Waals surface area contributed by atoms with Gasteiger partial charge in [0.25, 0.3) is 19.6 Å². The molecule has 3 N–H and O–H groups in total. The summed E-state index contributed by atoms with van der Waals surface area (Å²) >= 11 is 0. The molecule has 0 aromatic carbocycles. The van der Waals surface area contributed by atoms with E-state index in [0.717, 1.165) is 4.57 Å². The molecule has 2 aromatic heterocycles. The Labute approximate surface area is 505 Å². The number of nitrogens with zero attached hydrogens (tertiary/aromatic N) is 7. The Bertz CT molecular complexity index is 2580. The number of aliphatic hydroxyl groups is 1. The molecule has 0 amide bonds. The Morgan fingerprint density at radius 2 is 1.04 bits per heavy atom. The van der Waals surface area contributed by atoms with Gasteiger partial charge in [-0.1, -0.05) is 0 Å². The second-order valence-corrected chi connectivity index (χ2v) is 28.5. The van der Waals surface area contributed by atoms with Gasteiger partial charge in [-0.05, 0) is 107 Å². The number of aromatic nitrogens is 4. The maximum absolute atomic E-state index is 12.6. The second-order valence-electron chi connectivity index (χ2n) is 20.4. The number of aliphatic hydroxyl groups excluding tert-OH is 1. The van der Waals surface area contributed by atoms with E-state index in [0.29, 0.717) is 50.4 Å². The molecule has 2 rings (SSSR count). The molecule has 0 saturated carbocycles. The number of rotatable bonds is 41.